The molecule has 1 fully saturated rings. The van der Waals surface area contributed by atoms with Crippen LogP contribution in [-0.4, -0.2) is 64.9 Å². The zero-order chi connectivity index (χ0) is 21.8. The fourth-order valence-electron chi connectivity index (χ4n) is 3.73. The summed E-state index contributed by atoms with van der Waals surface area (Å²) < 4.78 is 13.3. The van der Waals surface area contributed by atoms with E-state index >= 15 is 0 Å². The van der Waals surface area contributed by atoms with Crippen molar-refractivity contribution in [2.24, 2.45) is 0 Å². The summed E-state index contributed by atoms with van der Waals surface area (Å²) >= 11 is 6.16. The lowest BCUT2D eigenvalue weighted by molar-refractivity contribution is -0.132. The molecule has 1 saturated heterocycles. The van der Waals surface area contributed by atoms with E-state index in [-0.39, 0.29) is 11.7 Å². The molecule has 1 amide bonds. The molecular formula is C23H25ClFN5O. The van der Waals surface area contributed by atoms with Crippen LogP contribution in [0.3, 0.4) is 0 Å². The molecule has 8 heteroatoms. The summed E-state index contributed by atoms with van der Waals surface area (Å²) in [5, 5.41) is 4.68. The van der Waals surface area contributed by atoms with Gasteiger partial charge in [0.25, 0.3) is 0 Å². The van der Waals surface area contributed by atoms with Crippen molar-refractivity contribution in [3.05, 3.63) is 53.3 Å². The average molecular weight is 442 g/mol. The maximum Gasteiger partial charge on any atom is 0.224 e. The monoisotopic (exact) mass is 441 g/mol. The molecule has 2 heterocycles. The minimum absolute atomic E-state index is 0.142. The smallest absolute Gasteiger partial charge is 0.224 e. The summed E-state index contributed by atoms with van der Waals surface area (Å²) in [6.07, 6.45) is 0.386. The van der Waals surface area contributed by atoms with E-state index in [0.717, 1.165) is 38.1 Å². The highest BCUT2D eigenvalue weighted by molar-refractivity contribution is 6.31. The number of piperazine rings is 1. The van der Waals surface area contributed by atoms with Gasteiger partial charge in [-0.1, -0.05) is 18.5 Å². The van der Waals surface area contributed by atoms with E-state index < -0.39 is 0 Å². The minimum Gasteiger partial charge on any atom is -0.369 e. The number of aromatic nitrogens is 2. The number of nitrogens with one attached hydrogen (secondary N) is 1. The molecule has 0 spiro atoms. The van der Waals surface area contributed by atoms with E-state index in [1.165, 1.54) is 12.1 Å². The van der Waals surface area contributed by atoms with Gasteiger partial charge in [-0.15, -0.1) is 0 Å². The predicted octanol–water partition coefficient (Wildman–Crippen LogP) is 4.06. The second-order valence-corrected chi connectivity index (χ2v) is 7.99. The van der Waals surface area contributed by atoms with Gasteiger partial charge in [-0.25, -0.2) is 14.4 Å². The second kappa shape index (κ2) is 9.58. The van der Waals surface area contributed by atoms with Gasteiger partial charge in [-0.3, -0.25) is 4.79 Å². The number of nitrogens with zero attached hydrogens (tertiary/aromatic N) is 4. The van der Waals surface area contributed by atoms with Gasteiger partial charge >= 0.3 is 0 Å². The summed E-state index contributed by atoms with van der Waals surface area (Å²) in [5.74, 6) is 0.927. The molecule has 0 radical (unpaired) electrons. The third-order valence-electron chi connectivity index (χ3n) is 5.56. The third kappa shape index (κ3) is 5.11. The number of benzene rings is 2. The number of anilines is 1. The van der Waals surface area contributed by atoms with Crippen LogP contribution in [0.2, 0.25) is 5.02 Å². The fraction of sp³-hybridized carbons (Fsp3) is 0.348. The summed E-state index contributed by atoms with van der Waals surface area (Å²) in [4.78, 5) is 26.1. The van der Waals surface area contributed by atoms with E-state index in [1.54, 1.807) is 24.3 Å². The summed E-state index contributed by atoms with van der Waals surface area (Å²) in [6.45, 7) is 7.02. The van der Waals surface area contributed by atoms with Gasteiger partial charge in [0, 0.05) is 55.1 Å². The molecule has 3 aromatic rings. The lowest BCUT2D eigenvalue weighted by atomic mass is 10.1. The van der Waals surface area contributed by atoms with Crippen molar-refractivity contribution < 1.29 is 9.18 Å². The van der Waals surface area contributed by atoms with Gasteiger partial charge in [-0.05, 0) is 49.0 Å². The van der Waals surface area contributed by atoms with E-state index in [0.29, 0.717) is 40.7 Å². The fourth-order valence-corrected chi connectivity index (χ4v) is 3.89. The summed E-state index contributed by atoms with van der Waals surface area (Å²) in [5.41, 5.74) is 1.39. The third-order valence-corrected chi connectivity index (χ3v) is 5.80. The quantitative estimate of drug-likeness (QED) is 0.625. The highest BCUT2D eigenvalue weighted by Gasteiger charge is 2.20. The van der Waals surface area contributed by atoms with Gasteiger partial charge in [0.2, 0.25) is 5.91 Å². The number of hydrogen-bond acceptors (Lipinski definition) is 5. The highest BCUT2D eigenvalue weighted by Crippen LogP contribution is 2.27. The Morgan fingerprint density at radius 2 is 1.84 bits per heavy atom. The normalized spacial score (nSPS) is 14.7. The molecule has 1 N–H and O–H groups in total. The van der Waals surface area contributed by atoms with Gasteiger partial charge in [0.1, 0.15) is 11.6 Å². The van der Waals surface area contributed by atoms with Gasteiger partial charge in [-0.2, -0.15) is 0 Å². The van der Waals surface area contributed by atoms with Crippen LogP contribution in [0.15, 0.2) is 42.5 Å². The zero-order valence-electron chi connectivity index (χ0n) is 17.4. The van der Waals surface area contributed by atoms with Crippen molar-refractivity contribution in [1.29, 1.82) is 0 Å². The molecule has 162 valence electrons. The molecular weight excluding hydrogens is 417 g/mol. The van der Waals surface area contributed by atoms with Crippen molar-refractivity contribution in [2.75, 3.05) is 44.6 Å². The first-order chi connectivity index (χ1) is 15.0. The first kappa shape index (κ1) is 21.5. The minimum atomic E-state index is -0.316. The average Bonchev–Trinajstić information content (AvgIpc) is 2.79. The molecule has 1 aliphatic heterocycles. The van der Waals surface area contributed by atoms with Crippen molar-refractivity contribution >= 4 is 34.2 Å². The number of amides is 1. The Morgan fingerprint density at radius 3 is 2.55 bits per heavy atom. The Morgan fingerprint density at radius 1 is 1.10 bits per heavy atom. The number of likely N-dealkylation sites (N-methyl/N-ethyl adjacent to an activating group) is 1. The van der Waals surface area contributed by atoms with Crippen LogP contribution in [-0.2, 0) is 4.79 Å². The Balaban J connectivity index is 1.50. The zero-order valence-corrected chi connectivity index (χ0v) is 18.2. The van der Waals surface area contributed by atoms with Crippen LogP contribution in [0.5, 0.6) is 0 Å². The highest BCUT2D eigenvalue weighted by atomic mass is 35.5. The van der Waals surface area contributed by atoms with Gasteiger partial charge in [0.05, 0.1) is 5.52 Å². The maximum atomic E-state index is 13.3. The van der Waals surface area contributed by atoms with E-state index in [1.807, 2.05) is 11.0 Å². The molecule has 2 aromatic carbocycles. The molecule has 0 bridgehead atoms. The van der Waals surface area contributed by atoms with Crippen LogP contribution < -0.4 is 5.32 Å². The van der Waals surface area contributed by atoms with Crippen LogP contribution in [0.25, 0.3) is 22.3 Å². The first-order valence-corrected chi connectivity index (χ1v) is 10.9. The number of fused-ring (bicyclic) bond motifs is 1. The van der Waals surface area contributed by atoms with E-state index in [4.69, 9.17) is 11.6 Å². The van der Waals surface area contributed by atoms with Crippen molar-refractivity contribution in [3.63, 3.8) is 0 Å². The van der Waals surface area contributed by atoms with Crippen LogP contribution >= 0.6 is 11.6 Å². The van der Waals surface area contributed by atoms with Crippen LogP contribution in [0, 0.1) is 5.82 Å². The molecule has 0 unspecified atom stereocenters. The van der Waals surface area contributed by atoms with E-state index in [9.17, 15) is 9.18 Å². The molecule has 0 atom stereocenters. The Kier molecular flexibility index (Phi) is 6.63. The van der Waals surface area contributed by atoms with E-state index in [2.05, 4.69) is 27.1 Å². The molecule has 0 aliphatic carbocycles. The molecule has 4 rings (SSSR count). The van der Waals surface area contributed by atoms with Crippen LogP contribution in [0.1, 0.15) is 13.3 Å². The number of carbonyl (C=O) groups excluding carboxylic acids is 1. The molecule has 31 heavy (non-hydrogen) atoms. The maximum absolute atomic E-state index is 13.3. The number of carbonyl (C=O) groups is 1. The van der Waals surface area contributed by atoms with Gasteiger partial charge in [0.15, 0.2) is 5.82 Å². The van der Waals surface area contributed by atoms with Crippen molar-refractivity contribution in [1.82, 2.24) is 19.8 Å². The lowest BCUT2D eigenvalue weighted by Gasteiger charge is -2.34. The Bertz CT molecular complexity index is 1070. The van der Waals surface area contributed by atoms with Gasteiger partial charge < -0.3 is 15.1 Å². The molecule has 1 aromatic heterocycles. The molecule has 1 aliphatic rings. The Labute approximate surface area is 186 Å². The standard InChI is InChI=1S/C23H25ClFN5O/c1-2-29-11-13-30(14-12-29)21(31)9-10-26-23-19-8-5-17(24)15-20(19)27-22(28-23)16-3-6-18(25)7-4-16/h3-8,15H,2,9-14H2,1H3,(H,26,27,28). The van der Waals surface area contributed by atoms with Crippen molar-refractivity contribution in [3.8, 4) is 11.4 Å². The summed E-state index contributed by atoms with van der Waals surface area (Å²) in [6, 6.07) is 11.5. The Hall–Kier alpha value is -2.77. The largest absolute Gasteiger partial charge is 0.369 e. The topological polar surface area (TPSA) is 61.4 Å². The summed E-state index contributed by atoms with van der Waals surface area (Å²) in [7, 11) is 0. The first-order valence-electron chi connectivity index (χ1n) is 10.5. The SMILES string of the molecule is CCN1CCN(C(=O)CCNc2nc(-c3ccc(F)cc3)nc3cc(Cl)ccc23)CC1. The molecule has 0 saturated carbocycles. The second-order valence-electron chi connectivity index (χ2n) is 7.56. The lowest BCUT2D eigenvalue weighted by Crippen LogP contribution is -2.48. The predicted molar refractivity (Wildman–Crippen MR) is 122 cm³/mol. The number of halogens is 2. The number of hydrogen-bond donors (Lipinski definition) is 1. The molecule has 6 nitrogen and oxygen atoms in total. The number of rotatable bonds is 6. The van der Waals surface area contributed by atoms with Crippen molar-refractivity contribution in [2.45, 2.75) is 13.3 Å². The van der Waals surface area contributed by atoms with Crippen LogP contribution in [0.4, 0.5) is 10.2 Å².